The highest BCUT2D eigenvalue weighted by molar-refractivity contribution is 9.10. The van der Waals surface area contributed by atoms with Crippen LogP contribution in [-0.2, 0) is 11.5 Å². The molecule has 130 valence electrons. The van der Waals surface area contributed by atoms with Gasteiger partial charge in [-0.15, -0.1) is 0 Å². The van der Waals surface area contributed by atoms with E-state index in [-0.39, 0.29) is 6.04 Å². The number of rotatable bonds is 7. The number of amides is 1. The third-order valence-electron chi connectivity index (χ3n) is 4.17. The summed E-state index contributed by atoms with van der Waals surface area (Å²) in [4.78, 5) is 10.8. The lowest BCUT2D eigenvalue weighted by molar-refractivity contribution is 0.0754. The second-order valence-corrected chi connectivity index (χ2v) is 13.8. The summed E-state index contributed by atoms with van der Waals surface area (Å²) in [6.45, 7) is 8.22. The Balaban J connectivity index is 1.91. The second kappa shape index (κ2) is 7.81. The number of hydrogen-bond donors (Lipinski definition) is 2. The molecule has 1 aliphatic carbocycles. The Bertz CT molecular complexity index is 545. The first-order valence-electron chi connectivity index (χ1n) is 8.05. The zero-order chi connectivity index (χ0) is 17.0. The molecule has 0 saturated heterocycles. The number of nitrogens with one attached hydrogen (secondary N) is 1. The average Bonchev–Trinajstić information content (AvgIpc) is 2.99. The third-order valence-corrected chi connectivity index (χ3v) is 6.26. The van der Waals surface area contributed by atoms with Crippen LogP contribution >= 0.6 is 15.9 Å². The Kier molecular flexibility index (Phi) is 6.27. The molecular weight excluding hydrogens is 378 g/mol. The van der Waals surface area contributed by atoms with Crippen molar-refractivity contribution in [2.75, 3.05) is 6.61 Å². The van der Waals surface area contributed by atoms with E-state index >= 15 is 0 Å². The molecule has 1 amide bonds. The van der Waals surface area contributed by atoms with Gasteiger partial charge in [-0.3, -0.25) is 0 Å². The SMILES string of the molecule is C[Si](C)(C)CCOCn1nc(Br)cc1C1CCC(NC(=O)O)C1. The maximum absolute atomic E-state index is 10.8. The van der Waals surface area contributed by atoms with Crippen LogP contribution in [0.5, 0.6) is 0 Å². The van der Waals surface area contributed by atoms with Crippen LogP contribution in [0.2, 0.25) is 25.7 Å². The van der Waals surface area contributed by atoms with Gasteiger partial charge in [-0.25, -0.2) is 9.48 Å². The molecule has 0 aromatic carbocycles. The fourth-order valence-corrected chi connectivity index (χ4v) is 4.10. The highest BCUT2D eigenvalue weighted by atomic mass is 79.9. The molecule has 1 aromatic heterocycles. The lowest BCUT2D eigenvalue weighted by Gasteiger charge is -2.17. The maximum atomic E-state index is 10.8. The van der Waals surface area contributed by atoms with E-state index in [1.54, 1.807) is 0 Å². The summed E-state index contributed by atoms with van der Waals surface area (Å²) in [6, 6.07) is 3.20. The molecule has 1 fully saturated rings. The molecule has 0 aliphatic heterocycles. The van der Waals surface area contributed by atoms with Crippen molar-refractivity contribution in [2.24, 2.45) is 0 Å². The summed E-state index contributed by atoms with van der Waals surface area (Å²) < 4.78 is 8.51. The van der Waals surface area contributed by atoms with E-state index in [1.165, 1.54) is 0 Å². The van der Waals surface area contributed by atoms with E-state index in [2.05, 4.69) is 46.0 Å². The summed E-state index contributed by atoms with van der Waals surface area (Å²) in [7, 11) is -1.08. The molecule has 1 heterocycles. The van der Waals surface area contributed by atoms with Crippen molar-refractivity contribution in [3.05, 3.63) is 16.4 Å². The number of ether oxygens (including phenoxy) is 1. The van der Waals surface area contributed by atoms with Crippen molar-refractivity contribution in [3.8, 4) is 0 Å². The molecule has 23 heavy (non-hydrogen) atoms. The van der Waals surface area contributed by atoms with Crippen LogP contribution in [0, 0.1) is 0 Å². The van der Waals surface area contributed by atoms with E-state index in [4.69, 9.17) is 9.84 Å². The van der Waals surface area contributed by atoms with E-state index in [0.29, 0.717) is 12.6 Å². The molecule has 1 aromatic rings. The Labute approximate surface area is 146 Å². The first-order valence-corrected chi connectivity index (χ1v) is 12.5. The third kappa shape index (κ3) is 5.93. The van der Waals surface area contributed by atoms with Crippen molar-refractivity contribution >= 4 is 30.1 Å². The topological polar surface area (TPSA) is 76.4 Å². The number of carbonyl (C=O) groups is 1. The summed E-state index contributed by atoms with van der Waals surface area (Å²) in [6.07, 6.45) is 1.72. The van der Waals surface area contributed by atoms with E-state index in [0.717, 1.165) is 42.2 Å². The van der Waals surface area contributed by atoms with Gasteiger partial charge >= 0.3 is 6.09 Å². The number of aromatic nitrogens is 2. The molecule has 0 radical (unpaired) electrons. The van der Waals surface area contributed by atoms with Gasteiger partial charge in [0.2, 0.25) is 0 Å². The van der Waals surface area contributed by atoms with Crippen LogP contribution in [-0.4, -0.2) is 41.7 Å². The first kappa shape index (κ1) is 18.5. The van der Waals surface area contributed by atoms with Gasteiger partial charge in [-0.1, -0.05) is 19.6 Å². The normalized spacial score (nSPS) is 21.6. The molecule has 6 nitrogen and oxygen atoms in total. The second-order valence-electron chi connectivity index (χ2n) is 7.40. The highest BCUT2D eigenvalue weighted by Gasteiger charge is 2.29. The van der Waals surface area contributed by atoms with Crippen LogP contribution in [0.4, 0.5) is 4.79 Å². The van der Waals surface area contributed by atoms with Gasteiger partial charge in [-0.2, -0.15) is 5.10 Å². The van der Waals surface area contributed by atoms with Crippen LogP contribution in [0.15, 0.2) is 10.7 Å². The summed E-state index contributed by atoms with van der Waals surface area (Å²) >= 11 is 3.44. The first-order chi connectivity index (χ1) is 10.7. The molecule has 2 atom stereocenters. The number of carboxylic acid groups (broad SMARTS) is 1. The van der Waals surface area contributed by atoms with Gasteiger partial charge in [0.25, 0.3) is 0 Å². The minimum absolute atomic E-state index is 0.0347. The van der Waals surface area contributed by atoms with E-state index in [1.807, 2.05) is 10.7 Å². The molecule has 2 unspecified atom stereocenters. The van der Waals surface area contributed by atoms with Crippen molar-refractivity contribution in [3.63, 3.8) is 0 Å². The fourth-order valence-electron chi connectivity index (χ4n) is 2.92. The molecule has 2 rings (SSSR count). The van der Waals surface area contributed by atoms with Crippen LogP contribution in [0.25, 0.3) is 0 Å². The Morgan fingerprint density at radius 2 is 2.26 bits per heavy atom. The zero-order valence-electron chi connectivity index (χ0n) is 14.0. The minimum Gasteiger partial charge on any atom is -0.465 e. The molecule has 8 heteroatoms. The van der Waals surface area contributed by atoms with Crippen molar-refractivity contribution < 1.29 is 14.6 Å². The van der Waals surface area contributed by atoms with Crippen LogP contribution in [0.3, 0.4) is 0 Å². The Hall–Kier alpha value is -0.863. The van der Waals surface area contributed by atoms with Gasteiger partial charge in [0.15, 0.2) is 0 Å². The zero-order valence-corrected chi connectivity index (χ0v) is 16.6. The molecule has 2 N–H and O–H groups in total. The van der Waals surface area contributed by atoms with Crippen LogP contribution < -0.4 is 5.32 Å². The summed E-state index contributed by atoms with van der Waals surface area (Å²) in [5.74, 6) is 0.325. The lowest BCUT2D eigenvalue weighted by Crippen LogP contribution is -2.31. The van der Waals surface area contributed by atoms with Crippen molar-refractivity contribution in [1.29, 1.82) is 0 Å². The fraction of sp³-hybridized carbons (Fsp3) is 0.733. The Morgan fingerprint density at radius 3 is 2.91 bits per heavy atom. The quantitative estimate of drug-likeness (QED) is 0.535. The number of nitrogens with zero attached hydrogens (tertiary/aromatic N) is 2. The molecule has 1 aliphatic rings. The monoisotopic (exact) mass is 403 g/mol. The average molecular weight is 404 g/mol. The minimum atomic E-state index is -1.08. The van der Waals surface area contributed by atoms with Crippen molar-refractivity contribution in [2.45, 2.75) is 63.6 Å². The highest BCUT2D eigenvalue weighted by Crippen LogP contribution is 2.35. The Morgan fingerprint density at radius 1 is 1.52 bits per heavy atom. The van der Waals surface area contributed by atoms with Crippen molar-refractivity contribution in [1.82, 2.24) is 15.1 Å². The molecular formula is C15H26BrN3O3Si. The van der Waals surface area contributed by atoms with Crippen LogP contribution in [0.1, 0.15) is 30.9 Å². The predicted molar refractivity (Wildman–Crippen MR) is 95.6 cm³/mol. The largest absolute Gasteiger partial charge is 0.465 e. The number of hydrogen-bond acceptors (Lipinski definition) is 3. The summed E-state index contributed by atoms with van der Waals surface area (Å²) in [5.41, 5.74) is 1.12. The lowest BCUT2D eigenvalue weighted by atomic mass is 10.0. The van der Waals surface area contributed by atoms with Gasteiger partial charge in [0, 0.05) is 32.3 Å². The van der Waals surface area contributed by atoms with E-state index in [9.17, 15) is 4.79 Å². The van der Waals surface area contributed by atoms with E-state index < -0.39 is 14.2 Å². The number of halogens is 1. The van der Waals surface area contributed by atoms with Gasteiger partial charge in [-0.05, 0) is 47.3 Å². The standard InChI is InChI=1S/C15H26BrN3O3Si/c1-23(2,3)7-6-22-10-19-13(9-14(16)18-19)11-4-5-12(8-11)17-15(20)21/h9,11-12,17H,4-8,10H2,1-3H3,(H,20,21). The molecule has 0 bridgehead atoms. The van der Waals surface area contributed by atoms with Gasteiger partial charge in [0.05, 0.1) is 0 Å². The molecule has 1 saturated carbocycles. The van der Waals surface area contributed by atoms with Gasteiger partial charge in [0.1, 0.15) is 11.3 Å². The molecule has 0 spiro atoms. The predicted octanol–water partition coefficient (Wildman–Crippen LogP) is 3.86. The smallest absolute Gasteiger partial charge is 0.404 e. The maximum Gasteiger partial charge on any atom is 0.404 e. The summed E-state index contributed by atoms with van der Waals surface area (Å²) in [5, 5.41) is 15.9. The van der Waals surface area contributed by atoms with Gasteiger partial charge < -0.3 is 15.2 Å².